The molecule has 1 heterocycles. The lowest BCUT2D eigenvalue weighted by molar-refractivity contribution is -0.0325. The zero-order chi connectivity index (χ0) is 13.6. The van der Waals surface area contributed by atoms with Crippen LogP contribution in [0.25, 0.3) is 0 Å². The summed E-state index contributed by atoms with van der Waals surface area (Å²) in [5.41, 5.74) is 0.950. The van der Waals surface area contributed by atoms with Crippen molar-refractivity contribution in [1.29, 1.82) is 0 Å². The lowest BCUT2D eigenvalue weighted by atomic mass is 10.0. The zero-order valence-corrected chi connectivity index (χ0v) is 13.1. The highest BCUT2D eigenvalue weighted by Crippen LogP contribution is 2.31. The normalized spacial score (nSPS) is 15.0. The van der Waals surface area contributed by atoms with E-state index in [9.17, 15) is 0 Å². The molecule has 4 heteroatoms. The highest BCUT2D eigenvalue weighted by atomic mass is 32.1. The van der Waals surface area contributed by atoms with E-state index in [1.165, 1.54) is 5.69 Å². The van der Waals surface area contributed by atoms with Crippen molar-refractivity contribution in [2.75, 3.05) is 13.2 Å². The monoisotopic (exact) mass is 270 g/mol. The van der Waals surface area contributed by atoms with Gasteiger partial charge in [0.25, 0.3) is 0 Å². The van der Waals surface area contributed by atoms with Crippen LogP contribution in [0.1, 0.15) is 51.7 Å². The molecule has 1 N–H and O–H groups in total. The van der Waals surface area contributed by atoms with Crippen LogP contribution in [-0.4, -0.2) is 24.2 Å². The Morgan fingerprint density at radius 2 is 2.17 bits per heavy atom. The quantitative estimate of drug-likeness (QED) is 0.786. The molecule has 0 aliphatic carbocycles. The second kappa shape index (κ2) is 7.22. The molecular weight excluding hydrogens is 244 g/mol. The van der Waals surface area contributed by atoms with Crippen LogP contribution in [0.4, 0.5) is 0 Å². The van der Waals surface area contributed by atoms with Crippen LogP contribution in [0.15, 0.2) is 5.38 Å². The molecule has 0 bridgehead atoms. The third-order valence-electron chi connectivity index (χ3n) is 3.08. The Hall–Kier alpha value is -0.450. The minimum Gasteiger partial charge on any atom is -0.368 e. The first-order valence-electron chi connectivity index (χ1n) is 6.84. The molecule has 1 aromatic rings. The van der Waals surface area contributed by atoms with Gasteiger partial charge in [-0.05, 0) is 20.3 Å². The number of thiazole rings is 1. The number of aromatic nitrogens is 1. The van der Waals surface area contributed by atoms with Gasteiger partial charge in [-0.1, -0.05) is 20.8 Å². The van der Waals surface area contributed by atoms with Gasteiger partial charge in [0.1, 0.15) is 10.6 Å². The molecule has 0 amide bonds. The number of rotatable bonds is 8. The lowest BCUT2D eigenvalue weighted by Crippen LogP contribution is -2.26. The second-order valence-electron chi connectivity index (χ2n) is 5.02. The van der Waals surface area contributed by atoms with Crippen LogP contribution in [0, 0.1) is 0 Å². The molecule has 3 nitrogen and oxygen atoms in total. The van der Waals surface area contributed by atoms with E-state index in [4.69, 9.17) is 9.72 Å². The highest BCUT2D eigenvalue weighted by Gasteiger charge is 2.28. The van der Waals surface area contributed by atoms with Crippen molar-refractivity contribution in [2.24, 2.45) is 0 Å². The fraction of sp³-hybridized carbons (Fsp3) is 0.786. The summed E-state index contributed by atoms with van der Waals surface area (Å²) < 4.78 is 5.85. The first-order chi connectivity index (χ1) is 8.51. The van der Waals surface area contributed by atoms with Gasteiger partial charge in [-0.2, -0.15) is 0 Å². The van der Waals surface area contributed by atoms with Gasteiger partial charge in [-0.25, -0.2) is 4.98 Å². The number of nitrogens with zero attached hydrogens (tertiary/aromatic N) is 1. The van der Waals surface area contributed by atoms with E-state index in [2.05, 4.69) is 38.4 Å². The van der Waals surface area contributed by atoms with Crippen LogP contribution in [0.2, 0.25) is 0 Å². The summed E-state index contributed by atoms with van der Waals surface area (Å²) in [6.45, 7) is 12.4. The van der Waals surface area contributed by atoms with Crippen molar-refractivity contribution in [3.05, 3.63) is 16.1 Å². The largest absolute Gasteiger partial charge is 0.368 e. The molecule has 1 rings (SSSR count). The summed E-state index contributed by atoms with van der Waals surface area (Å²) in [5.74, 6) is 0. The summed E-state index contributed by atoms with van der Waals surface area (Å²) >= 11 is 1.72. The average Bonchev–Trinajstić information content (AvgIpc) is 2.78. The van der Waals surface area contributed by atoms with Crippen molar-refractivity contribution in [1.82, 2.24) is 10.3 Å². The van der Waals surface area contributed by atoms with E-state index in [1.54, 1.807) is 11.3 Å². The third kappa shape index (κ3) is 4.34. The minimum absolute atomic E-state index is 0.219. The summed E-state index contributed by atoms with van der Waals surface area (Å²) in [5, 5.41) is 6.67. The first-order valence-corrected chi connectivity index (χ1v) is 7.72. The number of hydrogen-bond acceptors (Lipinski definition) is 4. The van der Waals surface area contributed by atoms with E-state index in [0.717, 1.165) is 31.0 Å². The number of nitrogens with one attached hydrogen (secondary N) is 1. The van der Waals surface area contributed by atoms with Gasteiger partial charge in [0.05, 0.1) is 5.69 Å². The van der Waals surface area contributed by atoms with Crippen molar-refractivity contribution in [2.45, 2.75) is 59.1 Å². The van der Waals surface area contributed by atoms with Crippen molar-refractivity contribution >= 4 is 11.3 Å². The summed E-state index contributed by atoms with van der Waals surface area (Å²) in [4.78, 5) is 4.72. The molecule has 104 valence electrons. The lowest BCUT2D eigenvalue weighted by Gasteiger charge is -2.25. The molecule has 0 radical (unpaired) electrons. The Kier molecular flexibility index (Phi) is 6.26. The molecule has 18 heavy (non-hydrogen) atoms. The SMILES string of the molecule is CCOC(C)(CC)c1nc(CCNC(C)C)cs1. The van der Waals surface area contributed by atoms with E-state index < -0.39 is 0 Å². The number of ether oxygens (including phenoxy) is 1. The summed E-state index contributed by atoms with van der Waals surface area (Å²) in [6, 6.07) is 0.535. The van der Waals surface area contributed by atoms with Gasteiger partial charge >= 0.3 is 0 Å². The Morgan fingerprint density at radius 3 is 2.72 bits per heavy atom. The molecule has 1 unspecified atom stereocenters. The van der Waals surface area contributed by atoms with Crippen LogP contribution in [-0.2, 0) is 16.8 Å². The molecule has 0 saturated carbocycles. The highest BCUT2D eigenvalue weighted by molar-refractivity contribution is 7.09. The maximum absolute atomic E-state index is 5.85. The summed E-state index contributed by atoms with van der Waals surface area (Å²) in [6.07, 6.45) is 1.94. The molecule has 0 aromatic carbocycles. The van der Waals surface area contributed by atoms with E-state index >= 15 is 0 Å². The van der Waals surface area contributed by atoms with Gasteiger partial charge in [-0.3, -0.25) is 0 Å². The van der Waals surface area contributed by atoms with Crippen LogP contribution in [0.3, 0.4) is 0 Å². The maximum Gasteiger partial charge on any atom is 0.125 e. The maximum atomic E-state index is 5.85. The second-order valence-corrected chi connectivity index (χ2v) is 5.88. The van der Waals surface area contributed by atoms with E-state index in [0.29, 0.717) is 6.04 Å². The van der Waals surface area contributed by atoms with Crippen molar-refractivity contribution < 1.29 is 4.74 Å². The zero-order valence-electron chi connectivity index (χ0n) is 12.2. The first kappa shape index (κ1) is 15.6. The topological polar surface area (TPSA) is 34.1 Å². The minimum atomic E-state index is -0.219. The van der Waals surface area contributed by atoms with Gasteiger partial charge < -0.3 is 10.1 Å². The van der Waals surface area contributed by atoms with Crippen LogP contribution in [0.5, 0.6) is 0 Å². The van der Waals surface area contributed by atoms with Crippen molar-refractivity contribution in [3.8, 4) is 0 Å². The van der Waals surface area contributed by atoms with Gasteiger partial charge in [0.15, 0.2) is 0 Å². The third-order valence-corrected chi connectivity index (χ3v) is 4.21. The number of hydrogen-bond donors (Lipinski definition) is 1. The van der Waals surface area contributed by atoms with Crippen LogP contribution >= 0.6 is 11.3 Å². The average molecular weight is 270 g/mol. The molecule has 0 fully saturated rings. The Labute approximate surface area is 115 Å². The molecule has 1 atom stereocenters. The Balaban J connectivity index is 2.61. The smallest absolute Gasteiger partial charge is 0.125 e. The van der Waals surface area contributed by atoms with E-state index in [1.807, 2.05) is 6.92 Å². The van der Waals surface area contributed by atoms with Crippen LogP contribution < -0.4 is 5.32 Å². The summed E-state index contributed by atoms with van der Waals surface area (Å²) in [7, 11) is 0. The van der Waals surface area contributed by atoms with Crippen molar-refractivity contribution in [3.63, 3.8) is 0 Å². The molecule has 0 saturated heterocycles. The fourth-order valence-corrected chi connectivity index (χ4v) is 2.83. The molecule has 0 aliphatic rings. The standard InChI is InChI=1S/C14H26N2OS/c1-6-14(5,17-7-2)13-16-12(10-18-13)8-9-15-11(3)4/h10-11,15H,6-9H2,1-5H3. The van der Waals surface area contributed by atoms with Gasteiger partial charge in [0.2, 0.25) is 0 Å². The molecule has 0 aliphatic heterocycles. The molecule has 0 spiro atoms. The van der Waals surface area contributed by atoms with Gasteiger partial charge in [0, 0.05) is 31.0 Å². The Morgan fingerprint density at radius 1 is 1.44 bits per heavy atom. The Bertz CT molecular complexity index is 351. The van der Waals surface area contributed by atoms with E-state index in [-0.39, 0.29) is 5.60 Å². The predicted octanol–water partition coefficient (Wildman–Crippen LogP) is 3.35. The molecular formula is C14H26N2OS. The predicted molar refractivity (Wildman–Crippen MR) is 78.2 cm³/mol. The molecule has 1 aromatic heterocycles. The fourth-order valence-electron chi connectivity index (χ4n) is 1.79. The van der Waals surface area contributed by atoms with Gasteiger partial charge in [-0.15, -0.1) is 11.3 Å².